The Hall–Kier alpha value is -0.930. The third-order valence-corrected chi connectivity index (χ3v) is 1.34. The highest BCUT2D eigenvalue weighted by molar-refractivity contribution is 5.85. The summed E-state index contributed by atoms with van der Waals surface area (Å²) in [7, 11) is 0. The lowest BCUT2D eigenvalue weighted by atomic mass is 10.1. The molecule has 1 unspecified atom stereocenters. The van der Waals surface area contributed by atoms with Gasteiger partial charge < -0.3 is 0 Å². The molecule has 0 aromatic carbocycles. The number of imide groups is 1. The summed E-state index contributed by atoms with van der Waals surface area (Å²) < 4.78 is 12.1. The molecule has 3 nitrogen and oxygen atoms in total. The van der Waals surface area contributed by atoms with Crippen molar-refractivity contribution in [2.75, 3.05) is 0 Å². The minimum Gasteiger partial charge on any atom is -0.276 e. The fourth-order valence-electron chi connectivity index (χ4n) is 0.437. The number of rotatable bonds is 3. The molecule has 0 spiro atoms. The first-order valence-corrected chi connectivity index (χ1v) is 3.07. The Balaban J connectivity index is 3.93. The summed E-state index contributed by atoms with van der Waals surface area (Å²) >= 11 is 0. The highest BCUT2D eigenvalue weighted by Crippen LogP contribution is 2.04. The van der Waals surface area contributed by atoms with Crippen LogP contribution in [0.1, 0.15) is 20.3 Å². The van der Waals surface area contributed by atoms with Crippen molar-refractivity contribution in [2.24, 2.45) is 5.92 Å². The molecule has 0 heterocycles. The van der Waals surface area contributed by atoms with Gasteiger partial charge in [0.2, 0.25) is 6.41 Å². The van der Waals surface area contributed by atoms with Crippen LogP contribution in [-0.4, -0.2) is 17.4 Å². The van der Waals surface area contributed by atoms with Crippen LogP contribution in [0.15, 0.2) is 0 Å². The van der Waals surface area contributed by atoms with Gasteiger partial charge in [0.1, 0.15) is 0 Å². The molecule has 0 bridgehead atoms. The van der Waals surface area contributed by atoms with Gasteiger partial charge in [-0.3, -0.25) is 9.59 Å². The third kappa shape index (κ3) is 2.13. The van der Waals surface area contributed by atoms with Crippen LogP contribution in [0.5, 0.6) is 0 Å². The van der Waals surface area contributed by atoms with Crippen LogP contribution in [0.25, 0.3) is 0 Å². The molecule has 0 radical (unpaired) electrons. The van der Waals surface area contributed by atoms with E-state index in [0.717, 1.165) is 0 Å². The van der Waals surface area contributed by atoms with E-state index in [-0.39, 0.29) is 6.41 Å². The standard InChI is InChI=1S/C6H10FNO2/c1-3-5(2)6(10)8(7)4-9/h4-5H,3H2,1-2H3. The van der Waals surface area contributed by atoms with E-state index in [4.69, 9.17) is 0 Å². The Labute approximate surface area is 58.7 Å². The van der Waals surface area contributed by atoms with Gasteiger partial charge in [0.05, 0.1) is 0 Å². The van der Waals surface area contributed by atoms with E-state index in [1.165, 1.54) is 0 Å². The zero-order valence-corrected chi connectivity index (χ0v) is 6.00. The van der Waals surface area contributed by atoms with Crippen LogP contribution in [0.3, 0.4) is 0 Å². The monoisotopic (exact) mass is 147 g/mol. The van der Waals surface area contributed by atoms with Crippen LogP contribution < -0.4 is 0 Å². The van der Waals surface area contributed by atoms with Crippen molar-refractivity contribution >= 4 is 12.3 Å². The lowest BCUT2D eigenvalue weighted by Crippen LogP contribution is -2.26. The summed E-state index contributed by atoms with van der Waals surface area (Å²) in [6.45, 7) is 3.32. The number of nitrogens with zero attached hydrogens (tertiary/aromatic N) is 1. The molecule has 0 N–H and O–H groups in total. The molecule has 4 heteroatoms. The average Bonchev–Trinajstić information content (AvgIpc) is 2.00. The lowest BCUT2D eigenvalue weighted by Gasteiger charge is -2.08. The molecule has 0 aliphatic heterocycles. The summed E-state index contributed by atoms with van der Waals surface area (Å²) in [6, 6.07) is 0. The van der Waals surface area contributed by atoms with E-state index in [2.05, 4.69) is 0 Å². The number of hydrogen-bond donors (Lipinski definition) is 0. The highest BCUT2D eigenvalue weighted by atomic mass is 19.2. The van der Waals surface area contributed by atoms with E-state index in [9.17, 15) is 14.1 Å². The fraction of sp³-hybridized carbons (Fsp3) is 0.667. The topological polar surface area (TPSA) is 37.4 Å². The molecule has 0 aromatic rings. The smallest absolute Gasteiger partial charge is 0.260 e. The van der Waals surface area contributed by atoms with Gasteiger partial charge in [0, 0.05) is 5.92 Å². The Morgan fingerprint density at radius 1 is 1.80 bits per heavy atom. The van der Waals surface area contributed by atoms with E-state index in [0.29, 0.717) is 6.42 Å². The van der Waals surface area contributed by atoms with Crippen LogP contribution in [-0.2, 0) is 9.59 Å². The first kappa shape index (κ1) is 9.07. The summed E-state index contributed by atoms with van der Waals surface area (Å²) in [5.41, 5.74) is 0. The van der Waals surface area contributed by atoms with Crippen molar-refractivity contribution in [2.45, 2.75) is 20.3 Å². The second kappa shape index (κ2) is 3.98. The van der Waals surface area contributed by atoms with Crippen molar-refractivity contribution in [3.05, 3.63) is 0 Å². The third-order valence-electron chi connectivity index (χ3n) is 1.34. The quantitative estimate of drug-likeness (QED) is 0.439. The molecule has 10 heavy (non-hydrogen) atoms. The summed E-state index contributed by atoms with van der Waals surface area (Å²) in [5, 5.41) is -0.422. The van der Waals surface area contributed by atoms with Gasteiger partial charge in [-0.2, -0.15) is 0 Å². The average molecular weight is 147 g/mol. The Kier molecular flexibility index (Phi) is 3.61. The SMILES string of the molecule is CCC(C)C(=O)N(F)C=O. The zero-order chi connectivity index (χ0) is 8.15. The van der Waals surface area contributed by atoms with Crippen molar-refractivity contribution in [3.8, 4) is 0 Å². The molecule has 0 fully saturated rings. The lowest BCUT2D eigenvalue weighted by molar-refractivity contribution is -0.156. The normalized spacial score (nSPS) is 12.3. The van der Waals surface area contributed by atoms with Crippen molar-refractivity contribution < 1.29 is 14.1 Å². The van der Waals surface area contributed by atoms with Crippen LogP contribution >= 0.6 is 0 Å². The summed E-state index contributed by atoms with van der Waals surface area (Å²) in [5.74, 6) is -1.20. The molecule has 0 rings (SSSR count). The van der Waals surface area contributed by atoms with Crippen LogP contribution in [0.2, 0.25) is 0 Å². The van der Waals surface area contributed by atoms with Crippen LogP contribution in [0, 0.1) is 5.92 Å². The van der Waals surface area contributed by atoms with Gasteiger partial charge in [-0.15, -0.1) is 5.12 Å². The molecular weight excluding hydrogens is 137 g/mol. The minimum absolute atomic E-state index is 0.130. The molecule has 0 aliphatic carbocycles. The number of carbonyl (C=O) groups is 2. The molecule has 0 aromatic heterocycles. The number of amides is 2. The molecule has 0 aliphatic rings. The second-order valence-electron chi connectivity index (χ2n) is 2.06. The summed E-state index contributed by atoms with van der Waals surface area (Å²) in [6.07, 6.45) is 0.404. The van der Waals surface area contributed by atoms with Crippen molar-refractivity contribution in [1.82, 2.24) is 5.12 Å². The number of carbonyl (C=O) groups excluding carboxylic acids is 2. The van der Waals surface area contributed by atoms with Gasteiger partial charge in [0.15, 0.2) is 0 Å². The maximum atomic E-state index is 12.1. The molecule has 58 valence electrons. The Morgan fingerprint density at radius 3 is 2.60 bits per heavy atom. The predicted octanol–water partition coefficient (Wildman–Crippen LogP) is 0.902. The molecule has 0 saturated heterocycles. The van der Waals surface area contributed by atoms with E-state index >= 15 is 0 Å². The maximum absolute atomic E-state index is 12.1. The molecular formula is C6H10FNO2. The van der Waals surface area contributed by atoms with Gasteiger partial charge in [-0.25, -0.2) is 0 Å². The zero-order valence-electron chi connectivity index (χ0n) is 6.00. The van der Waals surface area contributed by atoms with Crippen molar-refractivity contribution in [1.29, 1.82) is 0 Å². The number of hydrogen-bond acceptors (Lipinski definition) is 2. The van der Waals surface area contributed by atoms with Gasteiger partial charge >= 0.3 is 0 Å². The van der Waals surface area contributed by atoms with Gasteiger partial charge in [-0.1, -0.05) is 18.3 Å². The fourth-order valence-corrected chi connectivity index (χ4v) is 0.437. The Bertz CT molecular complexity index is 138. The van der Waals surface area contributed by atoms with Gasteiger partial charge in [0.25, 0.3) is 5.91 Å². The molecule has 0 saturated carbocycles. The Morgan fingerprint density at radius 2 is 2.30 bits per heavy atom. The first-order chi connectivity index (χ1) is 4.63. The van der Waals surface area contributed by atoms with E-state index in [1.807, 2.05) is 0 Å². The predicted molar refractivity (Wildman–Crippen MR) is 33.5 cm³/mol. The molecule has 1 atom stereocenters. The summed E-state index contributed by atoms with van der Waals surface area (Å²) in [4.78, 5) is 20.3. The van der Waals surface area contributed by atoms with Gasteiger partial charge in [-0.05, 0) is 6.42 Å². The minimum atomic E-state index is -0.780. The van der Waals surface area contributed by atoms with E-state index in [1.54, 1.807) is 13.8 Å². The highest BCUT2D eigenvalue weighted by Gasteiger charge is 2.17. The largest absolute Gasteiger partial charge is 0.276 e. The van der Waals surface area contributed by atoms with E-state index < -0.39 is 16.9 Å². The van der Waals surface area contributed by atoms with Crippen LogP contribution in [0.4, 0.5) is 4.48 Å². The number of halogens is 1. The van der Waals surface area contributed by atoms with Crippen molar-refractivity contribution in [3.63, 3.8) is 0 Å². The second-order valence-corrected chi connectivity index (χ2v) is 2.06. The first-order valence-electron chi connectivity index (χ1n) is 3.07. The maximum Gasteiger partial charge on any atom is 0.260 e. The molecule has 2 amide bonds.